The summed E-state index contributed by atoms with van der Waals surface area (Å²) in [6.07, 6.45) is 2.87. The topological polar surface area (TPSA) is 72.1 Å². The monoisotopic (exact) mass is 539 g/mol. The fraction of sp³-hybridized carbons (Fsp3) is 0.519. The maximum absolute atomic E-state index is 12.8. The zero-order valence-electron chi connectivity index (χ0n) is 21.4. The Bertz CT molecular complexity index is 1000. The van der Waals surface area contributed by atoms with Crippen molar-refractivity contribution in [1.29, 1.82) is 0 Å². The first-order valence-corrected chi connectivity index (χ1v) is 12.4. The van der Waals surface area contributed by atoms with E-state index in [0.29, 0.717) is 31.4 Å². The molecule has 9 heteroatoms. The van der Waals surface area contributed by atoms with Gasteiger partial charge < -0.3 is 24.8 Å². The Hall–Kier alpha value is -2.19. The Morgan fingerprint density at radius 2 is 1.72 bits per heavy atom. The highest BCUT2D eigenvalue weighted by atomic mass is 35.5. The van der Waals surface area contributed by atoms with Crippen LogP contribution in [0.15, 0.2) is 30.3 Å². The molecule has 0 fully saturated rings. The summed E-state index contributed by atoms with van der Waals surface area (Å²) in [5.41, 5.74) is 3.54. The van der Waals surface area contributed by atoms with E-state index in [1.165, 1.54) is 0 Å². The number of benzene rings is 2. The van der Waals surface area contributed by atoms with Crippen molar-refractivity contribution in [2.45, 2.75) is 45.7 Å². The van der Waals surface area contributed by atoms with Gasteiger partial charge in [-0.05, 0) is 82.1 Å². The van der Waals surface area contributed by atoms with Crippen molar-refractivity contribution in [3.63, 3.8) is 0 Å². The molecule has 0 radical (unpaired) electrons. The summed E-state index contributed by atoms with van der Waals surface area (Å²) >= 11 is 0. The van der Waals surface area contributed by atoms with Gasteiger partial charge in [-0.1, -0.05) is 0 Å². The van der Waals surface area contributed by atoms with Gasteiger partial charge in [0.15, 0.2) is 11.5 Å². The van der Waals surface area contributed by atoms with Crippen molar-refractivity contribution < 1.29 is 19.0 Å². The third-order valence-electron chi connectivity index (χ3n) is 6.45. The first-order chi connectivity index (χ1) is 16.6. The van der Waals surface area contributed by atoms with E-state index in [-0.39, 0.29) is 30.7 Å². The van der Waals surface area contributed by atoms with Crippen molar-refractivity contribution in [1.82, 2.24) is 15.5 Å². The molecule has 2 heterocycles. The lowest BCUT2D eigenvalue weighted by Crippen LogP contribution is -2.32. The van der Waals surface area contributed by atoms with Gasteiger partial charge in [-0.15, -0.1) is 24.8 Å². The van der Waals surface area contributed by atoms with E-state index < -0.39 is 0 Å². The Balaban J connectivity index is 0.00000228. The van der Waals surface area contributed by atoms with Gasteiger partial charge in [0, 0.05) is 42.4 Å². The number of carbonyl (C=O) groups excluding carboxylic acids is 1. The molecule has 4 bridgehead atoms. The minimum Gasteiger partial charge on any atom is -0.496 e. The van der Waals surface area contributed by atoms with Crippen LogP contribution in [0.3, 0.4) is 0 Å². The van der Waals surface area contributed by atoms with E-state index in [1.54, 1.807) is 7.11 Å². The smallest absolute Gasteiger partial charge is 0.251 e. The third kappa shape index (κ3) is 7.42. The van der Waals surface area contributed by atoms with Crippen LogP contribution < -0.4 is 24.8 Å². The van der Waals surface area contributed by atoms with Crippen LogP contribution in [0.5, 0.6) is 17.2 Å². The second kappa shape index (κ2) is 14.5. The number of nitrogens with zero attached hydrogens (tertiary/aromatic N) is 1. The maximum atomic E-state index is 12.8. The van der Waals surface area contributed by atoms with Gasteiger partial charge in [0.1, 0.15) is 12.4 Å². The minimum atomic E-state index is -0.0678. The largest absolute Gasteiger partial charge is 0.496 e. The van der Waals surface area contributed by atoms with Crippen LogP contribution in [0.2, 0.25) is 0 Å². The van der Waals surface area contributed by atoms with Gasteiger partial charge >= 0.3 is 0 Å². The number of carbonyl (C=O) groups is 1. The molecule has 36 heavy (non-hydrogen) atoms. The average Bonchev–Trinajstić information content (AvgIpc) is 3.06. The van der Waals surface area contributed by atoms with Crippen LogP contribution >= 0.6 is 24.8 Å². The summed E-state index contributed by atoms with van der Waals surface area (Å²) in [6, 6.07) is 10.2. The summed E-state index contributed by atoms with van der Waals surface area (Å²) in [7, 11) is 1.66. The first-order valence-electron chi connectivity index (χ1n) is 12.4. The molecule has 0 saturated heterocycles. The Kier molecular flexibility index (Phi) is 12.1. The summed E-state index contributed by atoms with van der Waals surface area (Å²) in [5, 5.41) is 6.51. The predicted molar refractivity (Wildman–Crippen MR) is 149 cm³/mol. The van der Waals surface area contributed by atoms with Crippen LogP contribution in [0.1, 0.15) is 49.0 Å². The molecular formula is C27H39Cl2N3O4. The molecule has 0 spiro atoms. The van der Waals surface area contributed by atoms with Crippen LogP contribution in [-0.4, -0.2) is 63.4 Å². The van der Waals surface area contributed by atoms with Crippen molar-refractivity contribution in [2.24, 2.45) is 0 Å². The van der Waals surface area contributed by atoms with Gasteiger partial charge in [0.2, 0.25) is 0 Å². The predicted octanol–water partition coefficient (Wildman–Crippen LogP) is 4.69. The average molecular weight is 541 g/mol. The SMILES string of the molecule is COc1ccc2cc1-c1cc3c(c(c1)OCCCNCCCCNC2=O)OCCN(C(C)C)C3.Cl.Cl. The van der Waals surface area contributed by atoms with Gasteiger partial charge in [0.25, 0.3) is 5.91 Å². The van der Waals surface area contributed by atoms with Gasteiger partial charge in [-0.3, -0.25) is 9.69 Å². The number of fused-ring (bicyclic) bond motifs is 7. The van der Waals surface area contributed by atoms with E-state index in [4.69, 9.17) is 14.2 Å². The molecule has 7 nitrogen and oxygen atoms in total. The Morgan fingerprint density at radius 3 is 2.50 bits per heavy atom. The van der Waals surface area contributed by atoms with Gasteiger partial charge in [-0.25, -0.2) is 0 Å². The molecule has 0 aromatic heterocycles. The first kappa shape index (κ1) is 30.0. The number of hydrogen-bond acceptors (Lipinski definition) is 6. The number of rotatable bonds is 2. The zero-order valence-corrected chi connectivity index (χ0v) is 23.1. The molecule has 0 aliphatic carbocycles. The highest BCUT2D eigenvalue weighted by molar-refractivity contribution is 5.96. The lowest BCUT2D eigenvalue weighted by Gasteiger charge is -2.24. The molecule has 2 N–H and O–H groups in total. The molecule has 2 aromatic carbocycles. The highest BCUT2D eigenvalue weighted by Gasteiger charge is 2.23. The van der Waals surface area contributed by atoms with E-state index in [1.807, 2.05) is 24.3 Å². The molecule has 0 unspecified atom stereocenters. The maximum Gasteiger partial charge on any atom is 0.251 e. The van der Waals surface area contributed by atoms with Crippen LogP contribution in [0.4, 0.5) is 0 Å². The van der Waals surface area contributed by atoms with Crippen molar-refractivity contribution in [2.75, 3.05) is 46.5 Å². The van der Waals surface area contributed by atoms with Crippen LogP contribution in [-0.2, 0) is 6.54 Å². The lowest BCUT2D eigenvalue weighted by molar-refractivity contribution is 0.0953. The lowest BCUT2D eigenvalue weighted by atomic mass is 9.98. The second-order valence-electron chi connectivity index (χ2n) is 9.21. The zero-order chi connectivity index (χ0) is 23.9. The summed E-state index contributed by atoms with van der Waals surface area (Å²) in [4.78, 5) is 15.2. The van der Waals surface area contributed by atoms with Gasteiger partial charge in [-0.2, -0.15) is 0 Å². The molecule has 0 saturated carbocycles. The Morgan fingerprint density at radius 1 is 0.944 bits per heavy atom. The Labute approximate surface area is 227 Å². The van der Waals surface area contributed by atoms with E-state index in [2.05, 4.69) is 35.4 Å². The molecule has 2 aromatic rings. The summed E-state index contributed by atoms with van der Waals surface area (Å²) < 4.78 is 18.2. The minimum absolute atomic E-state index is 0. The number of hydrogen-bond donors (Lipinski definition) is 2. The third-order valence-corrected chi connectivity index (χ3v) is 6.45. The molecule has 2 aliphatic heterocycles. The number of methoxy groups -OCH3 is 1. The second-order valence-corrected chi connectivity index (χ2v) is 9.21. The van der Waals surface area contributed by atoms with Crippen LogP contribution in [0.25, 0.3) is 11.1 Å². The quantitative estimate of drug-likeness (QED) is 0.576. The molecule has 4 rings (SSSR count). The fourth-order valence-corrected chi connectivity index (χ4v) is 4.47. The molecule has 2 aliphatic rings. The molecular weight excluding hydrogens is 501 g/mol. The molecule has 1 amide bonds. The molecule has 200 valence electrons. The number of ether oxygens (including phenoxy) is 3. The van der Waals surface area contributed by atoms with E-state index in [0.717, 1.165) is 79.4 Å². The van der Waals surface area contributed by atoms with Crippen LogP contribution in [0, 0.1) is 0 Å². The number of halogens is 2. The summed E-state index contributed by atoms with van der Waals surface area (Å²) in [5.74, 6) is 2.23. The van der Waals surface area contributed by atoms with Crippen molar-refractivity contribution in [3.05, 3.63) is 41.5 Å². The van der Waals surface area contributed by atoms with E-state index in [9.17, 15) is 4.79 Å². The normalized spacial score (nSPS) is 17.1. The van der Waals surface area contributed by atoms with Gasteiger partial charge in [0.05, 0.1) is 13.7 Å². The van der Waals surface area contributed by atoms with Crippen molar-refractivity contribution in [3.8, 4) is 28.4 Å². The number of amides is 1. The standard InChI is InChI=1S/C27H37N3O4.2ClH/c1-19(2)30-12-14-34-26-22(18-30)15-21-17-25(26)33-13-6-10-28-9-4-5-11-29-27(31)20-7-8-24(32-3)23(21)16-20;;/h7-8,15-17,19,28H,4-6,9-14,18H2,1-3H3,(H,29,31);2*1H. The highest BCUT2D eigenvalue weighted by Crippen LogP contribution is 2.41. The van der Waals surface area contributed by atoms with Crippen molar-refractivity contribution >= 4 is 30.7 Å². The molecule has 0 atom stereocenters. The fourth-order valence-electron chi connectivity index (χ4n) is 4.47. The number of nitrogens with one attached hydrogen (secondary N) is 2. The van der Waals surface area contributed by atoms with E-state index >= 15 is 0 Å². The summed E-state index contributed by atoms with van der Waals surface area (Å²) in [6.45, 7) is 9.78.